The van der Waals surface area contributed by atoms with Crippen LogP contribution in [0.3, 0.4) is 0 Å². The number of rotatable bonds is 15. The van der Waals surface area contributed by atoms with Crippen LogP contribution in [0, 0.1) is 0 Å². The molecule has 44 heavy (non-hydrogen) atoms. The van der Waals surface area contributed by atoms with Crippen molar-refractivity contribution < 1.29 is 38.2 Å². The van der Waals surface area contributed by atoms with Crippen molar-refractivity contribution in [1.29, 1.82) is 0 Å². The fraction of sp³-hybridized carbons (Fsp3) is 0.471. The standard InChI is InChI=1S/C12H16N2O2.C12H14O2.C10H18O4/c1-3-11(15)13-9-5-7-10(8-6-9)14-12(16)4-2;1-3-11(13)9-5-7-10(8-6-9)12(14)4-2;1-3-9(11)13-7-5-6-8-14-10(12)4-2/h5-8H,3-4H2,1-2H3,(H,13,15)(H,14,16);5-8H,3-4H2,1-2H3;3-8H2,1-2H3. The lowest BCUT2D eigenvalue weighted by Gasteiger charge is -2.06. The van der Waals surface area contributed by atoms with Crippen LogP contribution in [0.25, 0.3) is 0 Å². The van der Waals surface area contributed by atoms with E-state index < -0.39 is 0 Å². The second-order valence-electron chi connectivity index (χ2n) is 9.37. The molecule has 0 radical (unpaired) electrons. The summed E-state index contributed by atoms with van der Waals surface area (Å²) in [5.74, 6) is -0.192. The Bertz CT molecular complexity index is 1080. The van der Waals surface area contributed by atoms with E-state index in [0.29, 0.717) is 62.9 Å². The maximum Gasteiger partial charge on any atom is 0.305 e. The maximum absolute atomic E-state index is 11.3. The Balaban J connectivity index is 0.000000633. The molecule has 2 N–H and O–H groups in total. The van der Waals surface area contributed by atoms with Crippen LogP contribution in [-0.2, 0) is 28.7 Å². The number of ketones is 2. The number of esters is 2. The quantitative estimate of drug-likeness (QED) is 0.125. The fourth-order valence-corrected chi connectivity index (χ4v) is 3.17. The van der Waals surface area contributed by atoms with E-state index in [2.05, 4.69) is 10.6 Å². The molecule has 2 aromatic carbocycles. The Labute approximate surface area is 261 Å². The van der Waals surface area contributed by atoms with Crippen molar-refractivity contribution in [2.75, 3.05) is 23.8 Å². The third-order valence-electron chi connectivity index (χ3n) is 5.91. The number of benzene rings is 2. The highest BCUT2D eigenvalue weighted by molar-refractivity contribution is 5.99. The zero-order chi connectivity index (χ0) is 33.3. The molecule has 0 saturated heterocycles. The van der Waals surface area contributed by atoms with Gasteiger partial charge in [-0.3, -0.25) is 28.8 Å². The second-order valence-corrected chi connectivity index (χ2v) is 9.37. The molecule has 0 fully saturated rings. The van der Waals surface area contributed by atoms with Gasteiger partial charge < -0.3 is 20.1 Å². The molecule has 0 spiro atoms. The first-order valence-electron chi connectivity index (χ1n) is 15.2. The third kappa shape index (κ3) is 18.3. The van der Waals surface area contributed by atoms with Crippen LogP contribution in [-0.4, -0.2) is 48.5 Å². The van der Waals surface area contributed by atoms with Crippen molar-refractivity contribution in [2.24, 2.45) is 0 Å². The average molecular weight is 613 g/mol. The van der Waals surface area contributed by atoms with Crippen LogP contribution < -0.4 is 10.6 Å². The molecular formula is C34H48N2O8. The SMILES string of the molecule is CCC(=O)Nc1ccc(NC(=O)CC)cc1.CCC(=O)OCCCCOC(=O)CC.CCC(=O)c1ccc(C(=O)CC)cc1. The van der Waals surface area contributed by atoms with Crippen molar-refractivity contribution in [2.45, 2.75) is 92.9 Å². The highest BCUT2D eigenvalue weighted by Crippen LogP contribution is 2.14. The van der Waals surface area contributed by atoms with Crippen LogP contribution in [0.4, 0.5) is 11.4 Å². The van der Waals surface area contributed by atoms with Gasteiger partial charge in [-0.15, -0.1) is 0 Å². The highest BCUT2D eigenvalue weighted by Gasteiger charge is 2.06. The van der Waals surface area contributed by atoms with Crippen LogP contribution >= 0.6 is 0 Å². The minimum absolute atomic E-state index is 0.0228. The van der Waals surface area contributed by atoms with E-state index in [1.54, 1.807) is 76.2 Å². The fourth-order valence-electron chi connectivity index (χ4n) is 3.17. The normalized spacial score (nSPS) is 9.68. The molecule has 2 rings (SSSR count). The van der Waals surface area contributed by atoms with Gasteiger partial charge in [0, 0.05) is 61.0 Å². The predicted molar refractivity (Wildman–Crippen MR) is 172 cm³/mol. The molecule has 0 aliphatic rings. The Hall–Kier alpha value is -4.34. The number of nitrogens with one attached hydrogen (secondary N) is 2. The van der Waals surface area contributed by atoms with E-state index in [-0.39, 0.29) is 35.3 Å². The molecule has 0 aliphatic heterocycles. The monoisotopic (exact) mass is 612 g/mol. The van der Waals surface area contributed by atoms with E-state index in [9.17, 15) is 28.8 Å². The van der Waals surface area contributed by atoms with Crippen LogP contribution in [0.5, 0.6) is 0 Å². The summed E-state index contributed by atoms with van der Waals surface area (Å²) in [6.07, 6.45) is 4.20. The topological polar surface area (TPSA) is 145 Å². The molecule has 2 aromatic rings. The van der Waals surface area contributed by atoms with E-state index in [4.69, 9.17) is 9.47 Å². The second kappa shape index (κ2) is 24.1. The first-order valence-corrected chi connectivity index (χ1v) is 15.2. The van der Waals surface area contributed by atoms with Crippen molar-refractivity contribution in [3.8, 4) is 0 Å². The van der Waals surface area contributed by atoms with Crippen molar-refractivity contribution in [3.05, 3.63) is 59.7 Å². The van der Waals surface area contributed by atoms with Gasteiger partial charge in [-0.05, 0) is 37.1 Å². The smallest absolute Gasteiger partial charge is 0.305 e. The third-order valence-corrected chi connectivity index (χ3v) is 5.91. The van der Waals surface area contributed by atoms with Gasteiger partial charge in [-0.1, -0.05) is 65.8 Å². The minimum atomic E-state index is -0.185. The molecular weight excluding hydrogens is 564 g/mol. The van der Waals surface area contributed by atoms with Crippen molar-refractivity contribution >= 4 is 46.7 Å². The Morgan fingerprint density at radius 1 is 0.477 bits per heavy atom. The summed E-state index contributed by atoms with van der Waals surface area (Å²) in [5, 5.41) is 5.47. The van der Waals surface area contributed by atoms with Gasteiger partial charge in [-0.25, -0.2) is 0 Å². The van der Waals surface area contributed by atoms with Gasteiger partial charge in [0.15, 0.2) is 11.6 Å². The Kier molecular flexibility index (Phi) is 21.8. The summed E-state index contributed by atoms with van der Waals surface area (Å²) in [7, 11) is 0. The predicted octanol–water partition coefficient (Wildman–Crippen LogP) is 6.93. The number of anilines is 2. The van der Waals surface area contributed by atoms with Crippen LogP contribution in [0.2, 0.25) is 0 Å². The number of carbonyl (C=O) groups is 6. The zero-order valence-corrected chi connectivity index (χ0v) is 27.0. The average Bonchev–Trinajstić information content (AvgIpc) is 3.06. The molecule has 2 amide bonds. The zero-order valence-electron chi connectivity index (χ0n) is 27.0. The summed E-state index contributed by atoms with van der Waals surface area (Å²) < 4.78 is 9.69. The molecule has 0 unspecified atom stereocenters. The van der Waals surface area contributed by atoms with Crippen molar-refractivity contribution in [3.63, 3.8) is 0 Å². The summed E-state index contributed by atoms with van der Waals surface area (Å²) >= 11 is 0. The van der Waals surface area contributed by atoms with Gasteiger partial charge in [0.05, 0.1) is 13.2 Å². The first-order chi connectivity index (χ1) is 21.0. The van der Waals surface area contributed by atoms with E-state index in [1.807, 2.05) is 13.8 Å². The molecule has 10 heteroatoms. The first kappa shape index (κ1) is 39.7. The molecule has 242 valence electrons. The van der Waals surface area contributed by atoms with Gasteiger partial charge in [0.25, 0.3) is 0 Å². The largest absolute Gasteiger partial charge is 0.466 e. The van der Waals surface area contributed by atoms with E-state index in [0.717, 1.165) is 24.2 Å². The lowest BCUT2D eigenvalue weighted by Crippen LogP contribution is -2.11. The van der Waals surface area contributed by atoms with E-state index >= 15 is 0 Å². The molecule has 0 aromatic heterocycles. The Morgan fingerprint density at radius 2 is 0.795 bits per heavy atom. The summed E-state index contributed by atoms with van der Waals surface area (Å²) in [6, 6.07) is 13.9. The number of carbonyl (C=O) groups excluding carboxylic acids is 6. The molecule has 0 saturated carbocycles. The number of hydrogen-bond acceptors (Lipinski definition) is 8. The van der Waals surface area contributed by atoms with Crippen LogP contribution in [0.15, 0.2) is 48.5 Å². The Morgan fingerprint density at radius 3 is 1.05 bits per heavy atom. The van der Waals surface area contributed by atoms with Gasteiger partial charge >= 0.3 is 11.9 Å². The molecule has 0 heterocycles. The number of ether oxygens (including phenoxy) is 2. The maximum atomic E-state index is 11.3. The number of unbranched alkanes of at least 4 members (excludes halogenated alkanes) is 1. The van der Waals surface area contributed by atoms with E-state index in [1.165, 1.54) is 0 Å². The molecule has 10 nitrogen and oxygen atoms in total. The van der Waals surface area contributed by atoms with Gasteiger partial charge in [-0.2, -0.15) is 0 Å². The number of hydrogen-bond donors (Lipinski definition) is 2. The summed E-state index contributed by atoms with van der Waals surface area (Å²) in [4.78, 5) is 66.2. The van der Waals surface area contributed by atoms with Crippen molar-refractivity contribution in [1.82, 2.24) is 0 Å². The summed E-state index contributed by atoms with van der Waals surface area (Å²) in [5.41, 5.74) is 2.84. The number of amides is 2. The van der Waals surface area contributed by atoms with Gasteiger partial charge in [0.2, 0.25) is 11.8 Å². The van der Waals surface area contributed by atoms with Gasteiger partial charge in [0.1, 0.15) is 0 Å². The molecule has 0 aliphatic carbocycles. The lowest BCUT2D eigenvalue weighted by atomic mass is 10.0. The summed E-state index contributed by atoms with van der Waals surface area (Å²) in [6.45, 7) is 11.6. The lowest BCUT2D eigenvalue weighted by molar-refractivity contribution is -0.145. The molecule has 0 atom stereocenters. The minimum Gasteiger partial charge on any atom is -0.466 e. The number of Topliss-reactive ketones (excluding diaryl/α,β-unsaturated/α-hetero) is 2. The molecule has 0 bridgehead atoms. The van der Waals surface area contributed by atoms with Crippen LogP contribution in [0.1, 0.15) is 114 Å². The highest BCUT2D eigenvalue weighted by atomic mass is 16.5.